The summed E-state index contributed by atoms with van der Waals surface area (Å²) in [5.74, 6) is 0.531. The Hall–Kier alpha value is -2.07. The molecule has 1 aromatic rings. The van der Waals surface area contributed by atoms with Crippen molar-refractivity contribution < 1.29 is 28.5 Å². The van der Waals surface area contributed by atoms with Gasteiger partial charge in [0.25, 0.3) is 0 Å². The number of carbonyl (C=O) groups excluding carboxylic acids is 2. The van der Waals surface area contributed by atoms with Gasteiger partial charge in [-0.25, -0.2) is 4.79 Å². The van der Waals surface area contributed by atoms with Gasteiger partial charge in [0.2, 0.25) is 5.91 Å². The fraction of sp³-hybridized carbons (Fsp3) is 0.524. The monoisotopic (exact) mass is 434 g/mol. The molecule has 0 bridgehead atoms. The summed E-state index contributed by atoms with van der Waals surface area (Å²) in [4.78, 5) is 27.0. The molecule has 30 heavy (non-hydrogen) atoms. The maximum atomic E-state index is 13.1. The van der Waals surface area contributed by atoms with Gasteiger partial charge >= 0.3 is 5.97 Å². The highest BCUT2D eigenvalue weighted by Gasteiger charge is 2.53. The number of hydrogen-bond donors (Lipinski definition) is 1. The Balaban J connectivity index is 1.53. The van der Waals surface area contributed by atoms with Crippen LogP contribution in [0.4, 0.5) is 0 Å². The number of thioether (sulfide) groups is 1. The van der Waals surface area contributed by atoms with Gasteiger partial charge in [0.05, 0.1) is 25.9 Å². The van der Waals surface area contributed by atoms with E-state index in [1.54, 1.807) is 38.1 Å². The molecular weight excluding hydrogens is 408 g/mol. The average Bonchev–Trinajstić information content (AvgIpc) is 3.24. The summed E-state index contributed by atoms with van der Waals surface area (Å²) in [5.41, 5.74) is 7.87. The van der Waals surface area contributed by atoms with Crippen LogP contribution in [-0.4, -0.2) is 67.0 Å². The SMILES string of the molecule is COC[C@@H]1CC[C@H](C2=C(C(=O)OCc3ccc(OC)cc3)N3C(=O)[C@@H](N)[C@H]3SC2)O1. The van der Waals surface area contributed by atoms with Gasteiger partial charge in [-0.3, -0.25) is 9.69 Å². The third-order valence-corrected chi connectivity index (χ3v) is 6.93. The first-order valence-electron chi connectivity index (χ1n) is 9.91. The zero-order valence-corrected chi connectivity index (χ0v) is 17.9. The van der Waals surface area contributed by atoms with Crippen molar-refractivity contribution in [2.24, 2.45) is 5.73 Å². The molecule has 0 aliphatic carbocycles. The Bertz CT molecular complexity index is 842. The number of methoxy groups -OCH3 is 2. The molecule has 2 N–H and O–H groups in total. The standard InChI is InChI=1S/C21H26N2O6S/c1-26-10-14-7-8-16(29-14)15-11-30-20-17(22)19(24)23(20)18(15)21(25)28-9-12-3-5-13(27-2)6-4-12/h3-6,14,16-17,20H,7-11,22H2,1-2H3/t14-,16+,17+,20+/m0/s1. The second kappa shape index (κ2) is 8.97. The van der Waals surface area contributed by atoms with Crippen LogP contribution in [0.5, 0.6) is 5.75 Å². The summed E-state index contributed by atoms with van der Waals surface area (Å²) in [6.45, 7) is 0.605. The summed E-state index contributed by atoms with van der Waals surface area (Å²) >= 11 is 1.56. The molecule has 8 nitrogen and oxygen atoms in total. The highest BCUT2D eigenvalue weighted by molar-refractivity contribution is 8.00. The van der Waals surface area contributed by atoms with E-state index in [0.29, 0.717) is 18.1 Å². The Labute approximate surface area is 179 Å². The molecule has 2 saturated heterocycles. The van der Waals surface area contributed by atoms with Gasteiger partial charge in [-0.05, 0) is 36.1 Å². The van der Waals surface area contributed by atoms with E-state index in [2.05, 4.69) is 0 Å². The van der Waals surface area contributed by atoms with Crippen molar-refractivity contribution in [1.82, 2.24) is 4.90 Å². The number of nitrogens with two attached hydrogens (primary N) is 1. The topological polar surface area (TPSA) is 100 Å². The Morgan fingerprint density at radius 2 is 2.03 bits per heavy atom. The Morgan fingerprint density at radius 1 is 1.27 bits per heavy atom. The predicted octanol–water partition coefficient (Wildman–Crippen LogP) is 1.43. The minimum atomic E-state index is -0.591. The first-order chi connectivity index (χ1) is 14.5. The van der Waals surface area contributed by atoms with E-state index in [4.69, 9.17) is 24.7 Å². The molecule has 4 atom stereocenters. The summed E-state index contributed by atoms with van der Waals surface area (Å²) in [6, 6.07) is 6.69. The number of carbonyl (C=O) groups is 2. The zero-order chi connectivity index (χ0) is 21.3. The van der Waals surface area contributed by atoms with Crippen LogP contribution < -0.4 is 10.5 Å². The number of rotatable bonds is 7. The molecule has 4 rings (SSSR count). The lowest BCUT2D eigenvalue weighted by atomic mass is 9.99. The van der Waals surface area contributed by atoms with Crippen molar-refractivity contribution in [3.8, 4) is 5.75 Å². The molecule has 0 radical (unpaired) electrons. The van der Waals surface area contributed by atoms with Crippen LogP contribution in [0, 0.1) is 0 Å². The second-order valence-corrected chi connectivity index (χ2v) is 8.62. The smallest absolute Gasteiger partial charge is 0.355 e. The van der Waals surface area contributed by atoms with E-state index in [0.717, 1.165) is 29.7 Å². The van der Waals surface area contributed by atoms with Gasteiger partial charge < -0.3 is 24.7 Å². The third kappa shape index (κ3) is 3.94. The number of nitrogens with zero attached hydrogens (tertiary/aromatic N) is 1. The number of benzene rings is 1. The summed E-state index contributed by atoms with van der Waals surface area (Å²) in [7, 11) is 3.23. The summed E-state index contributed by atoms with van der Waals surface area (Å²) < 4.78 is 22.0. The van der Waals surface area contributed by atoms with Gasteiger partial charge in [0.15, 0.2) is 0 Å². The molecule has 0 spiro atoms. The van der Waals surface area contributed by atoms with E-state index in [1.165, 1.54) is 4.90 Å². The van der Waals surface area contributed by atoms with Crippen LogP contribution in [0.25, 0.3) is 0 Å². The summed E-state index contributed by atoms with van der Waals surface area (Å²) in [5, 5.41) is -0.235. The highest BCUT2D eigenvalue weighted by Crippen LogP contribution is 2.43. The number of β-lactam (4-membered cyclic amide) rings is 1. The molecule has 3 aliphatic heterocycles. The van der Waals surface area contributed by atoms with E-state index in [-0.39, 0.29) is 30.1 Å². The molecule has 0 aromatic heterocycles. The molecule has 1 aromatic carbocycles. The van der Waals surface area contributed by atoms with Crippen LogP contribution in [0.15, 0.2) is 35.5 Å². The van der Waals surface area contributed by atoms with Crippen molar-refractivity contribution in [3.63, 3.8) is 0 Å². The summed E-state index contributed by atoms with van der Waals surface area (Å²) in [6.07, 6.45) is 1.38. The maximum absolute atomic E-state index is 13.1. The number of fused-ring (bicyclic) bond motifs is 1. The molecular formula is C21H26N2O6S. The van der Waals surface area contributed by atoms with Crippen molar-refractivity contribution in [2.45, 2.75) is 43.1 Å². The van der Waals surface area contributed by atoms with Crippen LogP contribution in [0.2, 0.25) is 0 Å². The molecule has 3 heterocycles. The quantitative estimate of drug-likeness (QED) is 0.508. The third-order valence-electron chi connectivity index (χ3n) is 5.61. The first kappa shape index (κ1) is 21.2. The minimum Gasteiger partial charge on any atom is -0.497 e. The number of amides is 1. The normalized spacial score (nSPS) is 28.2. The molecule has 3 aliphatic rings. The number of hydrogen-bond acceptors (Lipinski definition) is 8. The fourth-order valence-electron chi connectivity index (χ4n) is 3.98. The van der Waals surface area contributed by atoms with Gasteiger partial charge in [0, 0.05) is 12.9 Å². The second-order valence-electron chi connectivity index (χ2n) is 7.51. The minimum absolute atomic E-state index is 0.0128. The predicted molar refractivity (Wildman–Crippen MR) is 111 cm³/mol. The Morgan fingerprint density at radius 3 is 2.73 bits per heavy atom. The van der Waals surface area contributed by atoms with E-state index in [9.17, 15) is 9.59 Å². The van der Waals surface area contributed by atoms with Crippen LogP contribution in [0.3, 0.4) is 0 Å². The largest absolute Gasteiger partial charge is 0.497 e. The highest BCUT2D eigenvalue weighted by atomic mass is 32.2. The van der Waals surface area contributed by atoms with Gasteiger partial charge in [0.1, 0.15) is 29.5 Å². The molecule has 2 fully saturated rings. The number of esters is 1. The first-order valence-corrected chi connectivity index (χ1v) is 11.0. The molecule has 9 heteroatoms. The molecule has 0 saturated carbocycles. The Kier molecular flexibility index (Phi) is 6.33. The average molecular weight is 435 g/mol. The van der Waals surface area contributed by atoms with Crippen molar-refractivity contribution >= 4 is 23.6 Å². The lowest BCUT2D eigenvalue weighted by Crippen LogP contribution is -2.68. The van der Waals surface area contributed by atoms with Crippen molar-refractivity contribution in [2.75, 3.05) is 26.6 Å². The van der Waals surface area contributed by atoms with Crippen molar-refractivity contribution in [3.05, 3.63) is 41.1 Å². The lowest BCUT2D eigenvalue weighted by molar-refractivity contribution is -0.151. The molecule has 1 amide bonds. The molecule has 0 unspecified atom stereocenters. The maximum Gasteiger partial charge on any atom is 0.355 e. The van der Waals surface area contributed by atoms with Crippen molar-refractivity contribution in [1.29, 1.82) is 0 Å². The van der Waals surface area contributed by atoms with Crippen LogP contribution in [-0.2, 0) is 30.4 Å². The van der Waals surface area contributed by atoms with E-state index >= 15 is 0 Å². The van der Waals surface area contributed by atoms with Gasteiger partial charge in [-0.1, -0.05) is 12.1 Å². The fourth-order valence-corrected chi connectivity index (χ4v) is 5.34. The van der Waals surface area contributed by atoms with E-state index in [1.807, 2.05) is 12.1 Å². The van der Waals surface area contributed by atoms with Crippen LogP contribution in [0.1, 0.15) is 18.4 Å². The number of ether oxygens (including phenoxy) is 4. The zero-order valence-electron chi connectivity index (χ0n) is 17.0. The van der Waals surface area contributed by atoms with Gasteiger partial charge in [-0.2, -0.15) is 0 Å². The van der Waals surface area contributed by atoms with E-state index < -0.39 is 12.0 Å². The van der Waals surface area contributed by atoms with Gasteiger partial charge in [-0.15, -0.1) is 11.8 Å². The lowest BCUT2D eigenvalue weighted by Gasteiger charge is -2.48. The molecule has 162 valence electrons. The van der Waals surface area contributed by atoms with Crippen LogP contribution >= 0.6 is 11.8 Å².